The van der Waals surface area contributed by atoms with E-state index >= 15 is 0 Å². The fourth-order valence-electron chi connectivity index (χ4n) is 1.50. The van der Waals surface area contributed by atoms with Gasteiger partial charge >= 0.3 is 5.97 Å². The van der Waals surface area contributed by atoms with E-state index in [0.29, 0.717) is 5.56 Å². The second-order valence-electron chi connectivity index (χ2n) is 3.35. The standard InChI is InChI=1S/C14H11O2/c1-16-14(15)13-9-5-8-12(10-13)11-6-3-2-4-7-11/h2-7,9-10H,1H3. The van der Waals surface area contributed by atoms with Gasteiger partial charge in [0.15, 0.2) is 0 Å². The van der Waals surface area contributed by atoms with E-state index in [-0.39, 0.29) is 5.97 Å². The summed E-state index contributed by atoms with van der Waals surface area (Å²) in [6.07, 6.45) is 0. The molecule has 2 rings (SSSR count). The smallest absolute Gasteiger partial charge is 0.337 e. The molecule has 2 aromatic rings. The Morgan fingerprint density at radius 2 is 1.94 bits per heavy atom. The Balaban J connectivity index is 2.40. The van der Waals surface area contributed by atoms with Crippen LogP contribution in [0.15, 0.2) is 48.5 Å². The largest absolute Gasteiger partial charge is 0.465 e. The van der Waals surface area contributed by atoms with Crippen molar-refractivity contribution in [3.05, 3.63) is 60.2 Å². The highest BCUT2D eigenvalue weighted by atomic mass is 16.5. The van der Waals surface area contributed by atoms with Crippen molar-refractivity contribution in [2.75, 3.05) is 7.11 Å². The molecule has 0 amide bonds. The maximum Gasteiger partial charge on any atom is 0.337 e. The molecule has 0 aliphatic heterocycles. The molecule has 0 aromatic heterocycles. The highest BCUT2D eigenvalue weighted by Crippen LogP contribution is 2.19. The van der Waals surface area contributed by atoms with Crippen LogP contribution in [0.1, 0.15) is 10.4 Å². The van der Waals surface area contributed by atoms with Crippen LogP contribution in [-0.2, 0) is 4.74 Å². The van der Waals surface area contributed by atoms with Crippen molar-refractivity contribution in [2.24, 2.45) is 0 Å². The Morgan fingerprint density at radius 3 is 2.62 bits per heavy atom. The number of carbonyl (C=O) groups is 1. The number of rotatable bonds is 2. The van der Waals surface area contributed by atoms with Crippen molar-refractivity contribution in [2.45, 2.75) is 0 Å². The molecule has 0 bridgehead atoms. The molecule has 79 valence electrons. The molecule has 0 heterocycles. The Bertz CT molecular complexity index is 489. The third-order valence-corrected chi connectivity index (χ3v) is 2.31. The van der Waals surface area contributed by atoms with E-state index in [9.17, 15) is 4.79 Å². The van der Waals surface area contributed by atoms with Gasteiger partial charge in [-0.3, -0.25) is 0 Å². The molecular weight excluding hydrogens is 200 g/mol. The van der Waals surface area contributed by atoms with Gasteiger partial charge in [-0.05, 0) is 29.3 Å². The topological polar surface area (TPSA) is 26.3 Å². The monoisotopic (exact) mass is 211 g/mol. The quantitative estimate of drug-likeness (QED) is 0.714. The van der Waals surface area contributed by atoms with Gasteiger partial charge < -0.3 is 4.74 Å². The van der Waals surface area contributed by atoms with Gasteiger partial charge in [-0.2, -0.15) is 0 Å². The summed E-state index contributed by atoms with van der Waals surface area (Å²) in [5.41, 5.74) is 2.47. The first kappa shape index (κ1) is 10.4. The maximum absolute atomic E-state index is 11.4. The van der Waals surface area contributed by atoms with Crippen molar-refractivity contribution >= 4 is 5.97 Å². The van der Waals surface area contributed by atoms with Crippen molar-refractivity contribution in [3.8, 4) is 11.1 Å². The second-order valence-corrected chi connectivity index (χ2v) is 3.35. The molecule has 0 N–H and O–H groups in total. The summed E-state index contributed by atoms with van der Waals surface area (Å²) in [5.74, 6) is -0.328. The number of methoxy groups -OCH3 is 1. The molecule has 0 fully saturated rings. The van der Waals surface area contributed by atoms with Crippen LogP contribution in [-0.4, -0.2) is 13.1 Å². The van der Waals surface area contributed by atoms with Crippen molar-refractivity contribution in [3.63, 3.8) is 0 Å². The lowest BCUT2D eigenvalue weighted by molar-refractivity contribution is 0.0601. The predicted molar refractivity (Wildman–Crippen MR) is 62.1 cm³/mol. The van der Waals surface area contributed by atoms with Crippen LogP contribution >= 0.6 is 0 Å². The molecule has 16 heavy (non-hydrogen) atoms. The zero-order chi connectivity index (χ0) is 11.4. The zero-order valence-corrected chi connectivity index (χ0v) is 8.94. The van der Waals surface area contributed by atoms with Crippen molar-refractivity contribution in [1.82, 2.24) is 0 Å². The summed E-state index contributed by atoms with van der Waals surface area (Å²) in [4.78, 5) is 11.4. The summed E-state index contributed by atoms with van der Waals surface area (Å²) < 4.78 is 4.67. The summed E-state index contributed by atoms with van der Waals surface area (Å²) >= 11 is 0. The number of benzene rings is 2. The van der Waals surface area contributed by atoms with E-state index in [4.69, 9.17) is 0 Å². The van der Waals surface area contributed by atoms with Gasteiger partial charge in [-0.25, -0.2) is 4.79 Å². The summed E-state index contributed by atoms with van der Waals surface area (Å²) in [7, 11) is 1.38. The molecule has 0 atom stereocenters. The van der Waals surface area contributed by atoms with Crippen LogP contribution in [0.2, 0.25) is 0 Å². The van der Waals surface area contributed by atoms with Crippen LogP contribution in [0, 0.1) is 6.07 Å². The van der Waals surface area contributed by atoms with E-state index < -0.39 is 0 Å². The van der Waals surface area contributed by atoms with Crippen LogP contribution in [0.4, 0.5) is 0 Å². The van der Waals surface area contributed by atoms with Crippen LogP contribution in [0.25, 0.3) is 11.1 Å². The summed E-state index contributed by atoms with van der Waals surface area (Å²) in [5, 5.41) is 0. The Kier molecular flexibility index (Phi) is 3.01. The molecule has 1 radical (unpaired) electrons. The van der Waals surface area contributed by atoms with Gasteiger partial charge in [-0.15, -0.1) is 0 Å². The summed E-state index contributed by atoms with van der Waals surface area (Å²) in [6, 6.07) is 18.1. The van der Waals surface area contributed by atoms with E-state index in [0.717, 1.165) is 11.1 Å². The Morgan fingerprint density at radius 1 is 1.19 bits per heavy atom. The SMILES string of the molecule is COC(=O)c1cc[c]c(-c2ccccc2)c1. The van der Waals surface area contributed by atoms with Crippen LogP contribution in [0.3, 0.4) is 0 Å². The van der Waals surface area contributed by atoms with Crippen molar-refractivity contribution in [1.29, 1.82) is 0 Å². The van der Waals surface area contributed by atoms with Gasteiger partial charge in [0, 0.05) is 0 Å². The highest BCUT2D eigenvalue weighted by Gasteiger charge is 2.06. The third kappa shape index (κ3) is 2.11. The lowest BCUT2D eigenvalue weighted by Crippen LogP contribution is -2.00. The van der Waals surface area contributed by atoms with Crippen molar-refractivity contribution < 1.29 is 9.53 Å². The third-order valence-electron chi connectivity index (χ3n) is 2.31. The molecule has 0 unspecified atom stereocenters. The number of esters is 1. The number of hydrogen-bond acceptors (Lipinski definition) is 2. The lowest BCUT2D eigenvalue weighted by atomic mass is 10.0. The minimum Gasteiger partial charge on any atom is -0.465 e. The highest BCUT2D eigenvalue weighted by molar-refractivity contribution is 5.90. The molecule has 2 heteroatoms. The average molecular weight is 211 g/mol. The number of carbonyl (C=O) groups excluding carboxylic acids is 1. The minimum absolute atomic E-state index is 0.328. The summed E-state index contributed by atoms with van der Waals surface area (Å²) in [6.45, 7) is 0. The minimum atomic E-state index is -0.328. The van der Waals surface area contributed by atoms with E-state index in [2.05, 4.69) is 10.8 Å². The molecule has 0 aliphatic carbocycles. The number of hydrogen-bond donors (Lipinski definition) is 0. The Hall–Kier alpha value is -2.09. The van der Waals surface area contributed by atoms with Gasteiger partial charge in [0.25, 0.3) is 0 Å². The van der Waals surface area contributed by atoms with Gasteiger partial charge in [0.1, 0.15) is 0 Å². The predicted octanol–water partition coefficient (Wildman–Crippen LogP) is 2.94. The average Bonchev–Trinajstić information content (AvgIpc) is 2.39. The first-order valence-electron chi connectivity index (χ1n) is 4.97. The number of ether oxygens (including phenoxy) is 1. The Labute approximate surface area is 94.5 Å². The van der Waals surface area contributed by atoms with Gasteiger partial charge in [-0.1, -0.05) is 36.4 Å². The van der Waals surface area contributed by atoms with Crippen LogP contribution in [0.5, 0.6) is 0 Å². The molecule has 0 saturated carbocycles. The molecular formula is C14H11O2. The maximum atomic E-state index is 11.4. The molecule has 2 nitrogen and oxygen atoms in total. The molecule has 0 aliphatic rings. The fraction of sp³-hybridized carbons (Fsp3) is 0.0714. The second kappa shape index (κ2) is 4.62. The first-order chi connectivity index (χ1) is 7.81. The van der Waals surface area contributed by atoms with Gasteiger partial charge in [0.05, 0.1) is 12.7 Å². The van der Waals surface area contributed by atoms with E-state index in [1.165, 1.54) is 7.11 Å². The van der Waals surface area contributed by atoms with E-state index in [1.54, 1.807) is 18.2 Å². The normalized spacial score (nSPS) is 9.81. The zero-order valence-electron chi connectivity index (χ0n) is 8.94. The van der Waals surface area contributed by atoms with Gasteiger partial charge in [0.2, 0.25) is 0 Å². The van der Waals surface area contributed by atoms with E-state index in [1.807, 2.05) is 30.3 Å². The van der Waals surface area contributed by atoms with Crippen LogP contribution < -0.4 is 0 Å². The fourth-order valence-corrected chi connectivity index (χ4v) is 1.50. The molecule has 0 saturated heterocycles. The molecule has 2 aromatic carbocycles. The molecule has 0 spiro atoms. The lowest BCUT2D eigenvalue weighted by Gasteiger charge is -2.03. The first-order valence-corrected chi connectivity index (χ1v) is 4.97.